The summed E-state index contributed by atoms with van der Waals surface area (Å²) in [5.41, 5.74) is 1.47. The number of carbonyl (C=O) groups excluding carboxylic acids is 1. The van der Waals surface area contributed by atoms with Crippen molar-refractivity contribution in [1.29, 1.82) is 0 Å². The van der Waals surface area contributed by atoms with Gasteiger partial charge in [-0.05, 0) is 44.7 Å². The number of benzene rings is 2. The summed E-state index contributed by atoms with van der Waals surface area (Å²) >= 11 is 2.94. The van der Waals surface area contributed by atoms with Crippen LogP contribution in [0.25, 0.3) is 0 Å². The molecule has 29 heavy (non-hydrogen) atoms. The van der Waals surface area contributed by atoms with Crippen LogP contribution in [-0.4, -0.2) is 36.2 Å². The van der Waals surface area contributed by atoms with Gasteiger partial charge in [-0.25, -0.2) is 0 Å². The van der Waals surface area contributed by atoms with E-state index in [9.17, 15) is 4.79 Å². The highest BCUT2D eigenvalue weighted by atomic mass is 79.9. The van der Waals surface area contributed by atoms with E-state index >= 15 is 0 Å². The van der Waals surface area contributed by atoms with E-state index in [4.69, 9.17) is 0 Å². The quantitative estimate of drug-likeness (QED) is 0.253. The van der Waals surface area contributed by atoms with E-state index in [1.165, 1.54) is 58.2 Å². The third kappa shape index (κ3) is 13.4. The predicted molar refractivity (Wildman–Crippen MR) is 132 cm³/mol. The summed E-state index contributed by atoms with van der Waals surface area (Å²) in [6, 6.07) is 18.6. The number of carbonyl (C=O) groups is 1. The van der Waals surface area contributed by atoms with Gasteiger partial charge in [-0.1, -0.05) is 117 Å². The van der Waals surface area contributed by atoms with Crippen LogP contribution in [-0.2, 0) is 0 Å². The Morgan fingerprint density at radius 3 is 1.24 bits per heavy atom. The first-order valence-corrected chi connectivity index (χ1v) is 12.6. The maximum atomic E-state index is 11.8. The van der Waals surface area contributed by atoms with Gasteiger partial charge >= 0.3 is 0 Å². The van der Waals surface area contributed by atoms with Gasteiger partial charge in [-0.2, -0.15) is 0 Å². The first kappa shape index (κ1) is 27.5. The summed E-state index contributed by atoms with van der Waals surface area (Å²) in [4.78, 5) is 14.5. The Morgan fingerprint density at radius 2 is 0.966 bits per heavy atom. The molecule has 0 amide bonds. The molecule has 0 aliphatic rings. The van der Waals surface area contributed by atoms with Gasteiger partial charge in [-0.3, -0.25) is 4.79 Å². The molecular formula is C26H40BrNO. The van der Waals surface area contributed by atoms with E-state index in [-0.39, 0.29) is 5.78 Å². The third-order valence-corrected chi connectivity index (χ3v) is 4.56. The molecule has 0 heterocycles. The molecule has 2 aromatic rings. The number of halogens is 1. The Labute approximate surface area is 187 Å². The number of hydrogen-bond donors (Lipinski definition) is 0. The van der Waals surface area contributed by atoms with E-state index in [1.807, 2.05) is 66.5 Å². The van der Waals surface area contributed by atoms with Crippen molar-refractivity contribution in [2.45, 2.75) is 59.3 Å². The Morgan fingerprint density at radius 1 is 0.655 bits per heavy atom. The van der Waals surface area contributed by atoms with Crippen molar-refractivity contribution in [3.05, 3.63) is 71.8 Å². The minimum Gasteiger partial charge on any atom is -0.303 e. The lowest BCUT2D eigenvalue weighted by Crippen LogP contribution is -2.27. The largest absolute Gasteiger partial charge is 0.303 e. The fourth-order valence-electron chi connectivity index (χ4n) is 2.83. The van der Waals surface area contributed by atoms with Crippen LogP contribution in [0.1, 0.15) is 75.2 Å². The third-order valence-electron chi connectivity index (χ3n) is 4.56. The molecule has 0 saturated carbocycles. The fraction of sp³-hybridized carbons (Fsp3) is 0.500. The Bertz CT molecular complexity index is 540. The van der Waals surface area contributed by atoms with E-state index < -0.39 is 0 Å². The molecule has 0 unspecified atom stereocenters. The first-order valence-electron chi connectivity index (χ1n) is 11.0. The average molecular weight is 463 g/mol. The lowest BCUT2D eigenvalue weighted by atomic mass is 10.0. The topological polar surface area (TPSA) is 20.3 Å². The molecule has 3 heteroatoms. The standard InChI is InChI=1S/C13H10O.C12H27N.CH3Br/c14-13(11-7-3-1-4-8-11)12-9-5-2-6-10-12;1-4-7-10-13(11-8-5-2)12-9-6-3;1-2/h1-10H;4-12H2,1-3H3;1H3. The lowest BCUT2D eigenvalue weighted by molar-refractivity contribution is 0.103. The molecule has 0 atom stereocenters. The highest BCUT2D eigenvalue weighted by molar-refractivity contribution is 9.08. The van der Waals surface area contributed by atoms with Gasteiger partial charge in [0.25, 0.3) is 0 Å². The number of nitrogens with zero attached hydrogens (tertiary/aromatic N) is 1. The maximum Gasteiger partial charge on any atom is 0.193 e. The van der Waals surface area contributed by atoms with Gasteiger partial charge in [0.05, 0.1) is 0 Å². The Hall–Kier alpha value is -1.45. The van der Waals surface area contributed by atoms with E-state index in [2.05, 4.69) is 41.6 Å². The second-order valence-corrected chi connectivity index (χ2v) is 6.96. The second kappa shape index (κ2) is 19.8. The first-order chi connectivity index (χ1) is 14.2. The molecule has 2 aromatic carbocycles. The monoisotopic (exact) mass is 461 g/mol. The summed E-state index contributed by atoms with van der Waals surface area (Å²) in [6.45, 7) is 10.8. The van der Waals surface area contributed by atoms with Gasteiger partial charge in [0.1, 0.15) is 0 Å². The van der Waals surface area contributed by atoms with Gasteiger partial charge in [0.15, 0.2) is 5.78 Å². The highest BCUT2D eigenvalue weighted by Crippen LogP contribution is 2.08. The molecule has 0 spiro atoms. The van der Waals surface area contributed by atoms with Gasteiger partial charge in [-0.15, -0.1) is 0 Å². The van der Waals surface area contributed by atoms with Gasteiger partial charge in [0.2, 0.25) is 0 Å². The maximum absolute atomic E-state index is 11.8. The Balaban J connectivity index is 0.000000500. The zero-order valence-corrected chi connectivity index (χ0v) is 20.5. The molecule has 0 saturated heterocycles. The number of ketones is 1. The van der Waals surface area contributed by atoms with Crippen LogP contribution >= 0.6 is 15.9 Å². The molecule has 2 nitrogen and oxygen atoms in total. The zero-order valence-electron chi connectivity index (χ0n) is 18.9. The van der Waals surface area contributed by atoms with Crippen molar-refractivity contribution in [3.8, 4) is 0 Å². The second-order valence-electron chi connectivity index (χ2n) is 6.96. The molecule has 0 bridgehead atoms. The minimum atomic E-state index is 0.0752. The summed E-state index contributed by atoms with van der Waals surface area (Å²) in [7, 11) is 0. The average Bonchev–Trinajstić information content (AvgIpc) is 2.81. The van der Waals surface area contributed by atoms with Crippen molar-refractivity contribution >= 4 is 21.7 Å². The van der Waals surface area contributed by atoms with Crippen LogP contribution in [0.2, 0.25) is 0 Å². The predicted octanol–water partition coefficient (Wildman–Crippen LogP) is 7.62. The van der Waals surface area contributed by atoms with Crippen LogP contribution < -0.4 is 0 Å². The number of alkyl halides is 1. The summed E-state index contributed by atoms with van der Waals surface area (Å²) in [5.74, 6) is 1.89. The molecule has 0 radical (unpaired) electrons. The van der Waals surface area contributed by atoms with E-state index in [1.54, 1.807) is 0 Å². The van der Waals surface area contributed by atoms with Gasteiger partial charge in [0, 0.05) is 11.1 Å². The van der Waals surface area contributed by atoms with Crippen LogP contribution in [0, 0.1) is 0 Å². The normalized spacial score (nSPS) is 9.86. The van der Waals surface area contributed by atoms with Crippen LogP contribution in [0.4, 0.5) is 0 Å². The molecule has 2 rings (SSSR count). The molecule has 0 aliphatic heterocycles. The van der Waals surface area contributed by atoms with Gasteiger partial charge < -0.3 is 4.90 Å². The van der Waals surface area contributed by atoms with Crippen molar-refractivity contribution in [1.82, 2.24) is 4.90 Å². The fourth-order valence-corrected chi connectivity index (χ4v) is 2.83. The molecule has 0 fully saturated rings. The van der Waals surface area contributed by atoms with Crippen LogP contribution in [0.3, 0.4) is 0 Å². The molecule has 0 aliphatic carbocycles. The minimum absolute atomic E-state index is 0.0752. The lowest BCUT2D eigenvalue weighted by Gasteiger charge is -2.21. The highest BCUT2D eigenvalue weighted by Gasteiger charge is 2.06. The van der Waals surface area contributed by atoms with E-state index in [0.717, 1.165) is 11.1 Å². The summed E-state index contributed by atoms with van der Waals surface area (Å²) in [5, 5.41) is 0. The number of rotatable bonds is 11. The number of hydrogen-bond acceptors (Lipinski definition) is 2. The number of unbranched alkanes of at least 4 members (excludes halogenated alkanes) is 3. The van der Waals surface area contributed by atoms with Crippen molar-refractivity contribution < 1.29 is 4.79 Å². The van der Waals surface area contributed by atoms with Crippen molar-refractivity contribution in [2.75, 3.05) is 25.5 Å². The summed E-state index contributed by atoms with van der Waals surface area (Å²) in [6.07, 6.45) is 8.09. The Kier molecular flexibility index (Phi) is 18.9. The molecule has 0 aromatic heterocycles. The SMILES string of the molecule is CBr.CCCCN(CCCC)CCCC.O=C(c1ccccc1)c1ccccc1. The van der Waals surface area contributed by atoms with Crippen LogP contribution in [0.15, 0.2) is 60.7 Å². The smallest absolute Gasteiger partial charge is 0.193 e. The molecule has 0 N–H and O–H groups in total. The zero-order chi connectivity index (χ0) is 21.7. The molecule has 162 valence electrons. The summed E-state index contributed by atoms with van der Waals surface area (Å²) < 4.78 is 0. The van der Waals surface area contributed by atoms with E-state index in [0.29, 0.717) is 0 Å². The molecular weight excluding hydrogens is 422 g/mol. The van der Waals surface area contributed by atoms with Crippen LogP contribution in [0.5, 0.6) is 0 Å². The van der Waals surface area contributed by atoms with Crippen molar-refractivity contribution in [2.24, 2.45) is 0 Å². The van der Waals surface area contributed by atoms with Crippen molar-refractivity contribution in [3.63, 3.8) is 0 Å².